The molecule has 1 amide bonds. The molecule has 0 bridgehead atoms. The van der Waals surface area contributed by atoms with Gasteiger partial charge in [0.2, 0.25) is 15.9 Å². The van der Waals surface area contributed by atoms with Crippen LogP contribution in [0.3, 0.4) is 0 Å². The lowest BCUT2D eigenvalue weighted by molar-refractivity contribution is -0.123. The zero-order chi connectivity index (χ0) is 26.2. The van der Waals surface area contributed by atoms with Gasteiger partial charge in [0.15, 0.2) is 17.3 Å². The maximum absolute atomic E-state index is 14.8. The van der Waals surface area contributed by atoms with Crippen LogP contribution in [0, 0.1) is 5.82 Å². The number of ether oxygens (including phenoxy) is 2. The molecule has 194 valence electrons. The number of nitrogens with one attached hydrogen (secondary N) is 1. The molecule has 0 aromatic heterocycles. The van der Waals surface area contributed by atoms with Gasteiger partial charge in [0.25, 0.3) is 0 Å². The summed E-state index contributed by atoms with van der Waals surface area (Å²) in [5, 5.41) is 2.56. The van der Waals surface area contributed by atoms with Gasteiger partial charge >= 0.3 is 0 Å². The average Bonchev–Trinajstić information content (AvgIpc) is 2.93. The van der Waals surface area contributed by atoms with Crippen molar-refractivity contribution in [3.05, 3.63) is 81.5 Å². The van der Waals surface area contributed by atoms with E-state index >= 15 is 0 Å². The molecule has 3 aromatic carbocycles. The molecule has 0 atom stereocenters. The highest BCUT2D eigenvalue weighted by atomic mass is 79.9. The summed E-state index contributed by atoms with van der Waals surface area (Å²) >= 11 is 9.19. The zero-order valence-corrected chi connectivity index (χ0v) is 22.7. The quantitative estimate of drug-likeness (QED) is 0.393. The van der Waals surface area contributed by atoms with Gasteiger partial charge in [-0.3, -0.25) is 4.79 Å². The Hall–Kier alpha value is -2.66. The normalized spacial score (nSPS) is 17.3. The Morgan fingerprint density at radius 1 is 1.00 bits per heavy atom. The molecule has 0 aliphatic carbocycles. The molecule has 37 heavy (non-hydrogen) atoms. The maximum Gasteiger partial charge on any atom is 0.243 e. The third-order valence-electron chi connectivity index (χ3n) is 6.77. The second-order valence-corrected chi connectivity index (χ2v) is 12.0. The molecule has 2 heterocycles. The monoisotopic (exact) mass is 608 g/mol. The van der Waals surface area contributed by atoms with E-state index in [-0.39, 0.29) is 41.5 Å². The number of carbonyl (C=O) groups excluding carboxylic acids is 1. The molecule has 0 spiro atoms. The van der Waals surface area contributed by atoms with Gasteiger partial charge in [-0.15, -0.1) is 0 Å². The lowest BCUT2D eigenvalue weighted by Gasteiger charge is -2.40. The van der Waals surface area contributed by atoms with Crippen molar-refractivity contribution in [2.45, 2.75) is 23.2 Å². The van der Waals surface area contributed by atoms with Crippen LogP contribution in [0.1, 0.15) is 18.4 Å². The SMILES string of the molecule is O=C(Nc1ccc(Br)c(Cl)c1F)C1(c2ccccc2)CCN(S(=O)(=O)c2ccc3c(c2)OCCO3)CC1. The number of halogens is 3. The number of hydrogen-bond donors (Lipinski definition) is 1. The van der Waals surface area contributed by atoms with Crippen molar-refractivity contribution < 1.29 is 27.1 Å². The highest BCUT2D eigenvalue weighted by molar-refractivity contribution is 9.10. The van der Waals surface area contributed by atoms with Crippen LogP contribution >= 0.6 is 27.5 Å². The lowest BCUT2D eigenvalue weighted by atomic mass is 9.72. The van der Waals surface area contributed by atoms with Gasteiger partial charge in [0, 0.05) is 23.6 Å². The van der Waals surface area contributed by atoms with Gasteiger partial charge in [-0.2, -0.15) is 4.31 Å². The van der Waals surface area contributed by atoms with Gasteiger partial charge in [-0.25, -0.2) is 12.8 Å². The number of nitrogens with zero attached hydrogens (tertiary/aromatic N) is 1. The summed E-state index contributed by atoms with van der Waals surface area (Å²) in [5.41, 5.74) is -0.376. The van der Waals surface area contributed by atoms with Gasteiger partial charge in [0.05, 0.1) is 21.0 Å². The van der Waals surface area contributed by atoms with Gasteiger partial charge in [0.1, 0.15) is 13.2 Å². The second-order valence-electron chi connectivity index (χ2n) is 8.83. The number of rotatable bonds is 5. The molecule has 0 saturated carbocycles. The molecule has 1 fully saturated rings. The summed E-state index contributed by atoms with van der Waals surface area (Å²) in [6, 6.07) is 16.7. The van der Waals surface area contributed by atoms with E-state index < -0.39 is 27.2 Å². The first-order valence-corrected chi connectivity index (χ1v) is 14.2. The Labute approximate surface area is 227 Å². The number of piperidine rings is 1. The van der Waals surface area contributed by atoms with E-state index in [0.717, 1.165) is 5.56 Å². The summed E-state index contributed by atoms with van der Waals surface area (Å²) < 4.78 is 54.5. The van der Waals surface area contributed by atoms with Crippen LogP contribution < -0.4 is 14.8 Å². The van der Waals surface area contributed by atoms with Crippen molar-refractivity contribution >= 4 is 49.1 Å². The maximum atomic E-state index is 14.8. The first-order valence-electron chi connectivity index (χ1n) is 11.6. The summed E-state index contributed by atoms with van der Waals surface area (Å²) in [6.07, 6.45) is 0.414. The Balaban J connectivity index is 1.42. The minimum absolute atomic E-state index is 0.0418. The van der Waals surface area contributed by atoms with Gasteiger partial charge in [-0.05, 0) is 58.6 Å². The van der Waals surface area contributed by atoms with E-state index in [1.165, 1.54) is 22.5 Å². The van der Waals surface area contributed by atoms with E-state index in [9.17, 15) is 17.6 Å². The highest BCUT2D eigenvalue weighted by Crippen LogP contribution is 2.40. The lowest BCUT2D eigenvalue weighted by Crippen LogP contribution is -2.51. The smallest absolute Gasteiger partial charge is 0.243 e. The zero-order valence-electron chi connectivity index (χ0n) is 19.5. The van der Waals surface area contributed by atoms with Crippen molar-refractivity contribution in [3.8, 4) is 11.5 Å². The third kappa shape index (κ3) is 4.83. The predicted molar refractivity (Wildman–Crippen MR) is 141 cm³/mol. The Bertz CT molecular complexity index is 1450. The predicted octanol–water partition coefficient (Wildman–Crippen LogP) is 5.37. The summed E-state index contributed by atoms with van der Waals surface area (Å²) in [5.74, 6) is -0.278. The topological polar surface area (TPSA) is 84.9 Å². The molecule has 5 rings (SSSR count). The van der Waals surface area contributed by atoms with E-state index in [0.29, 0.717) is 29.2 Å². The summed E-state index contributed by atoms with van der Waals surface area (Å²) in [7, 11) is -3.85. The number of anilines is 1. The summed E-state index contributed by atoms with van der Waals surface area (Å²) in [4.78, 5) is 13.8. The van der Waals surface area contributed by atoms with E-state index in [1.807, 2.05) is 30.3 Å². The van der Waals surface area contributed by atoms with Crippen LogP contribution in [-0.2, 0) is 20.2 Å². The molecular weight excluding hydrogens is 587 g/mol. The van der Waals surface area contributed by atoms with E-state index in [1.54, 1.807) is 12.1 Å². The van der Waals surface area contributed by atoms with Gasteiger partial charge < -0.3 is 14.8 Å². The highest BCUT2D eigenvalue weighted by Gasteiger charge is 2.45. The molecule has 3 aromatic rings. The van der Waals surface area contributed by atoms with E-state index in [2.05, 4.69) is 21.2 Å². The first-order chi connectivity index (χ1) is 17.7. The van der Waals surface area contributed by atoms with Crippen molar-refractivity contribution in [1.29, 1.82) is 0 Å². The van der Waals surface area contributed by atoms with Crippen molar-refractivity contribution in [2.75, 3.05) is 31.6 Å². The second kappa shape index (κ2) is 10.2. The van der Waals surface area contributed by atoms with Crippen molar-refractivity contribution in [1.82, 2.24) is 4.31 Å². The summed E-state index contributed by atoms with van der Waals surface area (Å²) in [6.45, 7) is 0.954. The van der Waals surface area contributed by atoms with Crippen LogP contribution in [0.25, 0.3) is 0 Å². The number of fused-ring (bicyclic) bond motifs is 1. The average molecular weight is 610 g/mol. The molecule has 7 nitrogen and oxygen atoms in total. The van der Waals surface area contributed by atoms with Crippen LogP contribution in [0.4, 0.5) is 10.1 Å². The fraction of sp³-hybridized carbons (Fsp3) is 0.269. The Morgan fingerprint density at radius 2 is 1.68 bits per heavy atom. The van der Waals surface area contributed by atoms with Crippen molar-refractivity contribution in [3.63, 3.8) is 0 Å². The van der Waals surface area contributed by atoms with Crippen LogP contribution in [0.5, 0.6) is 11.5 Å². The minimum Gasteiger partial charge on any atom is -0.486 e. The number of amides is 1. The number of sulfonamides is 1. The number of hydrogen-bond acceptors (Lipinski definition) is 5. The first kappa shape index (κ1) is 26.0. The molecule has 11 heteroatoms. The van der Waals surface area contributed by atoms with Crippen molar-refractivity contribution in [2.24, 2.45) is 0 Å². The molecular formula is C26H23BrClFN2O5S. The van der Waals surface area contributed by atoms with Crippen LogP contribution in [-0.4, -0.2) is 44.9 Å². The molecule has 1 N–H and O–H groups in total. The third-order valence-corrected chi connectivity index (χ3v) is 9.93. The molecule has 2 aliphatic heterocycles. The molecule has 0 unspecified atom stereocenters. The number of carbonyl (C=O) groups is 1. The largest absolute Gasteiger partial charge is 0.486 e. The minimum atomic E-state index is -3.85. The van der Waals surface area contributed by atoms with Crippen LogP contribution in [0.2, 0.25) is 5.02 Å². The Kier molecular flexibility index (Phi) is 7.19. The molecule has 2 aliphatic rings. The molecule has 1 saturated heterocycles. The molecule has 0 radical (unpaired) electrons. The van der Waals surface area contributed by atoms with E-state index in [4.69, 9.17) is 21.1 Å². The fourth-order valence-electron chi connectivity index (χ4n) is 4.71. The number of benzene rings is 3. The van der Waals surface area contributed by atoms with Crippen LogP contribution in [0.15, 0.2) is 70.0 Å². The standard InChI is InChI=1S/C26H23BrClFN2O5S/c27-19-7-8-20(24(29)23(19)28)30-25(32)26(17-4-2-1-3-5-17)10-12-31(13-11-26)37(33,34)18-6-9-21-22(16-18)36-15-14-35-21/h1-9,16H,10-15H2,(H,30,32). The fourth-order valence-corrected chi connectivity index (χ4v) is 6.64. The van der Waals surface area contributed by atoms with Gasteiger partial charge in [-0.1, -0.05) is 41.9 Å². The Morgan fingerprint density at radius 3 is 2.38 bits per heavy atom.